The van der Waals surface area contributed by atoms with Gasteiger partial charge in [0.05, 0.1) is 6.61 Å². The van der Waals surface area contributed by atoms with E-state index in [0.29, 0.717) is 5.56 Å². The number of methoxy groups -OCH3 is 1. The molecule has 2 aromatic carbocycles. The summed E-state index contributed by atoms with van der Waals surface area (Å²) < 4.78 is 33.2. The minimum Gasteiger partial charge on any atom is -0.380 e. The van der Waals surface area contributed by atoms with Crippen LogP contribution >= 0.6 is 0 Å². The van der Waals surface area contributed by atoms with Gasteiger partial charge in [0.15, 0.2) is 0 Å². The summed E-state index contributed by atoms with van der Waals surface area (Å²) in [6, 6.07) is 10.9. The molecule has 0 heterocycles. The standard InChI is InChI=1S/C25H32F2O/c1-3-4-18-5-7-19(8-6-18)9-10-20-11-13-21(14-12-20)22-15-24(26)23(17-28-2)25(27)16-22/h11-16,18-19H,3-10,17H2,1-2H3. The third kappa shape index (κ3) is 5.41. The average molecular weight is 387 g/mol. The van der Waals surface area contributed by atoms with Crippen molar-refractivity contribution in [2.24, 2.45) is 11.8 Å². The van der Waals surface area contributed by atoms with Gasteiger partial charge >= 0.3 is 0 Å². The third-order valence-electron chi connectivity index (χ3n) is 6.22. The zero-order valence-corrected chi connectivity index (χ0v) is 17.1. The highest BCUT2D eigenvalue weighted by atomic mass is 19.1. The van der Waals surface area contributed by atoms with Crippen LogP contribution in [0.25, 0.3) is 11.1 Å². The van der Waals surface area contributed by atoms with Crippen LogP contribution in [0.15, 0.2) is 36.4 Å². The van der Waals surface area contributed by atoms with Gasteiger partial charge in [-0.05, 0) is 53.5 Å². The van der Waals surface area contributed by atoms with E-state index in [0.717, 1.165) is 23.8 Å². The fourth-order valence-corrected chi connectivity index (χ4v) is 4.50. The first-order valence-corrected chi connectivity index (χ1v) is 10.7. The van der Waals surface area contributed by atoms with Gasteiger partial charge in [-0.3, -0.25) is 0 Å². The average Bonchev–Trinajstić information content (AvgIpc) is 2.71. The minimum atomic E-state index is -0.556. The summed E-state index contributed by atoms with van der Waals surface area (Å²) in [5.41, 5.74) is 2.69. The normalized spacial score (nSPS) is 19.7. The number of benzene rings is 2. The third-order valence-corrected chi connectivity index (χ3v) is 6.22. The molecule has 0 radical (unpaired) electrons. The summed E-state index contributed by atoms with van der Waals surface area (Å²) in [5.74, 6) is 0.695. The quantitative estimate of drug-likeness (QED) is 0.462. The molecule has 2 aromatic rings. The molecule has 1 fully saturated rings. The van der Waals surface area contributed by atoms with Crippen molar-refractivity contribution in [2.75, 3.05) is 7.11 Å². The van der Waals surface area contributed by atoms with Crippen LogP contribution in [0.5, 0.6) is 0 Å². The van der Waals surface area contributed by atoms with Gasteiger partial charge in [-0.15, -0.1) is 0 Å². The van der Waals surface area contributed by atoms with E-state index in [9.17, 15) is 8.78 Å². The van der Waals surface area contributed by atoms with Gasteiger partial charge in [0.25, 0.3) is 0 Å². The van der Waals surface area contributed by atoms with Gasteiger partial charge < -0.3 is 4.74 Å². The highest BCUT2D eigenvalue weighted by Crippen LogP contribution is 2.34. The van der Waals surface area contributed by atoms with Crippen LogP contribution in [0, 0.1) is 23.5 Å². The number of aryl methyl sites for hydroxylation is 1. The minimum absolute atomic E-state index is 0.0171. The van der Waals surface area contributed by atoms with Crippen molar-refractivity contribution < 1.29 is 13.5 Å². The molecule has 152 valence electrons. The van der Waals surface area contributed by atoms with Gasteiger partial charge in [0, 0.05) is 12.7 Å². The van der Waals surface area contributed by atoms with Crippen molar-refractivity contribution in [2.45, 2.75) is 64.9 Å². The second-order valence-electron chi connectivity index (χ2n) is 8.26. The van der Waals surface area contributed by atoms with Crippen molar-refractivity contribution in [3.8, 4) is 11.1 Å². The molecule has 0 saturated heterocycles. The maximum Gasteiger partial charge on any atom is 0.132 e. The molecule has 0 aliphatic heterocycles. The first-order valence-electron chi connectivity index (χ1n) is 10.7. The van der Waals surface area contributed by atoms with Crippen molar-refractivity contribution in [3.05, 3.63) is 59.2 Å². The molecule has 0 unspecified atom stereocenters. The van der Waals surface area contributed by atoms with Gasteiger partial charge in [-0.25, -0.2) is 8.78 Å². The van der Waals surface area contributed by atoms with E-state index in [1.807, 2.05) is 12.1 Å². The smallest absolute Gasteiger partial charge is 0.132 e. The lowest BCUT2D eigenvalue weighted by molar-refractivity contribution is 0.177. The Labute approximate surface area is 168 Å². The number of ether oxygens (including phenoxy) is 1. The van der Waals surface area contributed by atoms with Crippen LogP contribution in [0.3, 0.4) is 0 Å². The fraction of sp³-hybridized carbons (Fsp3) is 0.520. The Morgan fingerprint density at radius 2 is 1.43 bits per heavy atom. The second kappa shape index (κ2) is 10.2. The molecular weight excluding hydrogens is 354 g/mol. The van der Waals surface area contributed by atoms with E-state index in [1.165, 1.54) is 69.8 Å². The summed E-state index contributed by atoms with van der Waals surface area (Å²) in [5, 5.41) is 0. The summed E-state index contributed by atoms with van der Waals surface area (Å²) in [4.78, 5) is 0. The lowest BCUT2D eigenvalue weighted by Gasteiger charge is -2.28. The summed E-state index contributed by atoms with van der Waals surface area (Å²) in [6.45, 7) is 2.23. The predicted octanol–water partition coefficient (Wildman–Crippen LogP) is 7.32. The monoisotopic (exact) mass is 386 g/mol. The van der Waals surface area contributed by atoms with E-state index in [-0.39, 0.29) is 12.2 Å². The molecule has 0 aromatic heterocycles. The van der Waals surface area contributed by atoms with Crippen LogP contribution < -0.4 is 0 Å². The molecule has 1 aliphatic carbocycles. The Kier molecular flexibility index (Phi) is 7.61. The van der Waals surface area contributed by atoms with Crippen LogP contribution in [0.4, 0.5) is 8.78 Å². The van der Waals surface area contributed by atoms with Crippen LogP contribution in [-0.4, -0.2) is 7.11 Å². The first kappa shape index (κ1) is 21.0. The molecule has 3 rings (SSSR count). The van der Waals surface area contributed by atoms with E-state index < -0.39 is 11.6 Å². The van der Waals surface area contributed by atoms with Gasteiger partial charge in [0.2, 0.25) is 0 Å². The van der Waals surface area contributed by atoms with Crippen LogP contribution in [0.1, 0.15) is 63.0 Å². The topological polar surface area (TPSA) is 9.23 Å². The van der Waals surface area contributed by atoms with E-state index in [2.05, 4.69) is 19.1 Å². The lowest BCUT2D eigenvalue weighted by atomic mass is 9.78. The Morgan fingerprint density at radius 1 is 0.857 bits per heavy atom. The molecule has 3 heteroatoms. The van der Waals surface area contributed by atoms with Crippen LogP contribution in [0.2, 0.25) is 0 Å². The largest absolute Gasteiger partial charge is 0.380 e. The number of rotatable bonds is 8. The molecular formula is C25H32F2O. The molecule has 28 heavy (non-hydrogen) atoms. The fourth-order valence-electron chi connectivity index (χ4n) is 4.50. The molecule has 1 saturated carbocycles. The van der Waals surface area contributed by atoms with Crippen molar-refractivity contribution >= 4 is 0 Å². The van der Waals surface area contributed by atoms with Gasteiger partial charge in [-0.2, -0.15) is 0 Å². The Bertz CT molecular complexity index is 723. The summed E-state index contributed by atoms with van der Waals surface area (Å²) in [7, 11) is 1.43. The van der Waals surface area contributed by atoms with Gasteiger partial charge in [-0.1, -0.05) is 69.7 Å². The molecule has 1 aliphatic rings. The molecule has 0 atom stereocenters. The Hall–Kier alpha value is -1.74. The zero-order valence-electron chi connectivity index (χ0n) is 17.1. The van der Waals surface area contributed by atoms with E-state index in [1.54, 1.807) is 0 Å². The molecule has 1 nitrogen and oxygen atoms in total. The maximum atomic E-state index is 14.1. The number of halogens is 2. The van der Waals surface area contributed by atoms with Gasteiger partial charge in [0.1, 0.15) is 11.6 Å². The highest BCUT2D eigenvalue weighted by Gasteiger charge is 2.20. The Morgan fingerprint density at radius 3 is 1.96 bits per heavy atom. The maximum absolute atomic E-state index is 14.1. The zero-order chi connectivity index (χ0) is 19.9. The van der Waals surface area contributed by atoms with Crippen molar-refractivity contribution in [3.63, 3.8) is 0 Å². The first-order chi connectivity index (χ1) is 13.6. The van der Waals surface area contributed by atoms with E-state index >= 15 is 0 Å². The van der Waals surface area contributed by atoms with Crippen molar-refractivity contribution in [1.82, 2.24) is 0 Å². The lowest BCUT2D eigenvalue weighted by Crippen LogP contribution is -2.15. The summed E-state index contributed by atoms with van der Waals surface area (Å²) >= 11 is 0. The molecule has 0 N–H and O–H groups in total. The predicted molar refractivity (Wildman–Crippen MR) is 111 cm³/mol. The highest BCUT2D eigenvalue weighted by molar-refractivity contribution is 5.64. The number of hydrogen-bond acceptors (Lipinski definition) is 1. The molecule has 0 spiro atoms. The molecule has 0 bridgehead atoms. The van der Waals surface area contributed by atoms with Crippen molar-refractivity contribution in [1.29, 1.82) is 0 Å². The molecule has 0 amide bonds. The summed E-state index contributed by atoms with van der Waals surface area (Å²) in [6.07, 6.45) is 10.6. The second-order valence-corrected chi connectivity index (χ2v) is 8.26. The number of hydrogen-bond donors (Lipinski definition) is 0. The van der Waals surface area contributed by atoms with E-state index in [4.69, 9.17) is 4.74 Å². The van der Waals surface area contributed by atoms with Crippen LogP contribution in [-0.2, 0) is 17.8 Å². The Balaban J connectivity index is 1.57. The SMILES string of the molecule is CCCC1CCC(CCc2ccc(-c3cc(F)c(COC)c(F)c3)cc2)CC1.